The molecule has 96 valence electrons. The summed E-state index contributed by atoms with van der Waals surface area (Å²) in [4.78, 5) is 14.1. The Hall–Kier alpha value is -1.68. The maximum Gasteiger partial charge on any atom is 0.258 e. The van der Waals surface area contributed by atoms with Gasteiger partial charge in [0, 0.05) is 22.3 Å². The lowest BCUT2D eigenvalue weighted by molar-refractivity contribution is 0.0989. The second-order valence-electron chi connectivity index (χ2n) is 4.49. The zero-order valence-electron chi connectivity index (χ0n) is 10.1. The van der Waals surface area contributed by atoms with Crippen molar-refractivity contribution in [2.24, 2.45) is 0 Å². The van der Waals surface area contributed by atoms with Crippen molar-refractivity contribution < 1.29 is 9.18 Å². The summed E-state index contributed by atoms with van der Waals surface area (Å²) in [6.07, 6.45) is 0.837. The van der Waals surface area contributed by atoms with Crippen LogP contribution in [0.4, 0.5) is 10.1 Å². The number of amides is 1. The molecule has 0 saturated heterocycles. The first kappa shape index (κ1) is 12.4. The Morgan fingerprint density at radius 1 is 1.21 bits per heavy atom. The SMILES string of the molecule is O=C(c1cccc(F)c1)N1CCc2ccc(Br)cc21. The molecule has 0 atom stereocenters. The first-order valence-corrected chi connectivity index (χ1v) is 6.80. The predicted molar refractivity (Wildman–Crippen MR) is 75.9 cm³/mol. The van der Waals surface area contributed by atoms with Crippen LogP contribution in [0.15, 0.2) is 46.9 Å². The van der Waals surface area contributed by atoms with Gasteiger partial charge < -0.3 is 4.90 Å². The number of anilines is 1. The number of hydrogen-bond acceptors (Lipinski definition) is 1. The third kappa shape index (κ3) is 2.28. The van der Waals surface area contributed by atoms with Gasteiger partial charge in [0.25, 0.3) is 5.91 Å². The minimum atomic E-state index is -0.389. The molecule has 2 aromatic rings. The van der Waals surface area contributed by atoms with Crippen LogP contribution in [0.25, 0.3) is 0 Å². The highest BCUT2D eigenvalue weighted by atomic mass is 79.9. The van der Waals surface area contributed by atoms with Gasteiger partial charge in [-0.05, 0) is 42.3 Å². The van der Waals surface area contributed by atoms with Gasteiger partial charge in [-0.1, -0.05) is 28.1 Å². The Labute approximate surface area is 119 Å². The first-order chi connectivity index (χ1) is 9.15. The average Bonchev–Trinajstić information content (AvgIpc) is 2.80. The molecule has 0 N–H and O–H groups in total. The van der Waals surface area contributed by atoms with Crippen molar-refractivity contribution in [3.8, 4) is 0 Å². The summed E-state index contributed by atoms with van der Waals surface area (Å²) in [6.45, 7) is 0.640. The van der Waals surface area contributed by atoms with Gasteiger partial charge in [0.1, 0.15) is 5.82 Å². The zero-order chi connectivity index (χ0) is 13.4. The molecule has 1 aliphatic rings. The van der Waals surface area contributed by atoms with Crippen LogP contribution < -0.4 is 4.90 Å². The number of nitrogens with zero attached hydrogens (tertiary/aromatic N) is 1. The van der Waals surface area contributed by atoms with E-state index < -0.39 is 0 Å². The molecule has 4 heteroatoms. The summed E-state index contributed by atoms with van der Waals surface area (Å²) in [5.74, 6) is -0.545. The summed E-state index contributed by atoms with van der Waals surface area (Å²) >= 11 is 3.41. The molecule has 1 amide bonds. The van der Waals surface area contributed by atoms with E-state index in [2.05, 4.69) is 15.9 Å². The van der Waals surface area contributed by atoms with Crippen molar-refractivity contribution in [2.45, 2.75) is 6.42 Å². The molecule has 0 saturated carbocycles. The standard InChI is InChI=1S/C15H11BrFNO/c16-12-5-4-10-6-7-18(14(10)9-12)15(19)11-2-1-3-13(17)8-11/h1-5,8-9H,6-7H2. The highest BCUT2D eigenvalue weighted by Crippen LogP contribution is 2.31. The van der Waals surface area contributed by atoms with Crippen molar-refractivity contribution in [1.82, 2.24) is 0 Å². The van der Waals surface area contributed by atoms with Crippen molar-refractivity contribution in [3.63, 3.8) is 0 Å². The normalized spacial score (nSPS) is 13.5. The van der Waals surface area contributed by atoms with Crippen LogP contribution in [0, 0.1) is 5.82 Å². The fraction of sp³-hybridized carbons (Fsp3) is 0.133. The maximum atomic E-state index is 13.2. The molecule has 0 radical (unpaired) electrons. The number of rotatable bonds is 1. The largest absolute Gasteiger partial charge is 0.308 e. The lowest BCUT2D eigenvalue weighted by atomic mass is 10.1. The van der Waals surface area contributed by atoms with Gasteiger partial charge in [-0.25, -0.2) is 4.39 Å². The van der Waals surface area contributed by atoms with E-state index in [9.17, 15) is 9.18 Å². The lowest BCUT2D eigenvalue weighted by Gasteiger charge is -2.17. The number of halogens is 2. The van der Waals surface area contributed by atoms with Gasteiger partial charge in [-0.15, -0.1) is 0 Å². The van der Waals surface area contributed by atoms with E-state index in [1.807, 2.05) is 18.2 Å². The molecular weight excluding hydrogens is 309 g/mol. The Bertz CT molecular complexity index is 656. The quantitative estimate of drug-likeness (QED) is 0.783. The van der Waals surface area contributed by atoms with Crippen LogP contribution in [0.1, 0.15) is 15.9 Å². The van der Waals surface area contributed by atoms with E-state index in [0.29, 0.717) is 12.1 Å². The van der Waals surface area contributed by atoms with E-state index in [-0.39, 0.29) is 11.7 Å². The van der Waals surface area contributed by atoms with Gasteiger partial charge >= 0.3 is 0 Å². The molecule has 1 heterocycles. The fourth-order valence-electron chi connectivity index (χ4n) is 2.34. The van der Waals surface area contributed by atoms with E-state index in [1.165, 1.54) is 12.1 Å². The van der Waals surface area contributed by atoms with E-state index >= 15 is 0 Å². The number of carbonyl (C=O) groups is 1. The molecule has 2 aromatic carbocycles. The van der Waals surface area contributed by atoms with Gasteiger partial charge in [-0.3, -0.25) is 4.79 Å². The maximum absolute atomic E-state index is 13.2. The minimum absolute atomic E-state index is 0.156. The summed E-state index contributed by atoms with van der Waals surface area (Å²) in [5, 5.41) is 0. The van der Waals surface area contributed by atoms with Gasteiger partial charge in [0.05, 0.1) is 0 Å². The Balaban J connectivity index is 1.97. The summed E-state index contributed by atoms with van der Waals surface area (Å²) in [6, 6.07) is 11.7. The van der Waals surface area contributed by atoms with Gasteiger partial charge in [0.2, 0.25) is 0 Å². The molecule has 2 nitrogen and oxygen atoms in total. The van der Waals surface area contributed by atoms with E-state index in [1.54, 1.807) is 17.0 Å². The summed E-state index contributed by atoms with van der Waals surface area (Å²) in [7, 11) is 0. The molecular formula is C15H11BrFNO. The van der Waals surface area contributed by atoms with Crippen molar-refractivity contribution in [2.75, 3.05) is 11.4 Å². The average molecular weight is 320 g/mol. The number of carbonyl (C=O) groups excluding carboxylic acids is 1. The smallest absolute Gasteiger partial charge is 0.258 e. The number of benzene rings is 2. The monoisotopic (exact) mass is 319 g/mol. The highest BCUT2D eigenvalue weighted by molar-refractivity contribution is 9.10. The highest BCUT2D eigenvalue weighted by Gasteiger charge is 2.25. The van der Waals surface area contributed by atoms with Crippen LogP contribution in [0.5, 0.6) is 0 Å². The Morgan fingerprint density at radius 3 is 2.84 bits per heavy atom. The van der Waals surface area contributed by atoms with Gasteiger partial charge in [-0.2, -0.15) is 0 Å². The van der Waals surface area contributed by atoms with Crippen LogP contribution in [-0.2, 0) is 6.42 Å². The van der Waals surface area contributed by atoms with E-state index in [4.69, 9.17) is 0 Å². The molecule has 1 aliphatic heterocycles. The van der Waals surface area contributed by atoms with Crippen molar-refractivity contribution >= 4 is 27.5 Å². The number of fused-ring (bicyclic) bond motifs is 1. The topological polar surface area (TPSA) is 20.3 Å². The molecule has 19 heavy (non-hydrogen) atoms. The number of hydrogen-bond donors (Lipinski definition) is 0. The summed E-state index contributed by atoms with van der Waals surface area (Å²) < 4.78 is 14.1. The fourth-order valence-corrected chi connectivity index (χ4v) is 2.69. The summed E-state index contributed by atoms with van der Waals surface area (Å²) in [5.41, 5.74) is 2.43. The second kappa shape index (κ2) is 4.78. The van der Waals surface area contributed by atoms with Crippen LogP contribution in [0.2, 0.25) is 0 Å². The van der Waals surface area contributed by atoms with Gasteiger partial charge in [0.15, 0.2) is 0 Å². The Morgan fingerprint density at radius 2 is 2.05 bits per heavy atom. The molecule has 0 unspecified atom stereocenters. The molecule has 0 aliphatic carbocycles. The van der Waals surface area contributed by atoms with Crippen molar-refractivity contribution in [3.05, 3.63) is 63.9 Å². The second-order valence-corrected chi connectivity index (χ2v) is 5.41. The molecule has 0 aromatic heterocycles. The van der Waals surface area contributed by atoms with Crippen LogP contribution in [0.3, 0.4) is 0 Å². The third-order valence-corrected chi connectivity index (χ3v) is 3.75. The third-order valence-electron chi connectivity index (χ3n) is 3.26. The lowest BCUT2D eigenvalue weighted by Crippen LogP contribution is -2.28. The predicted octanol–water partition coefficient (Wildman–Crippen LogP) is 3.79. The zero-order valence-corrected chi connectivity index (χ0v) is 11.7. The minimum Gasteiger partial charge on any atom is -0.308 e. The van der Waals surface area contributed by atoms with Crippen molar-refractivity contribution in [1.29, 1.82) is 0 Å². The molecule has 0 spiro atoms. The molecule has 0 bridgehead atoms. The Kier molecular flexibility index (Phi) is 3.11. The van der Waals surface area contributed by atoms with E-state index in [0.717, 1.165) is 22.1 Å². The molecule has 0 fully saturated rings. The van der Waals surface area contributed by atoms with Crippen LogP contribution in [-0.4, -0.2) is 12.5 Å². The first-order valence-electron chi connectivity index (χ1n) is 6.01. The molecule has 3 rings (SSSR count). The van der Waals surface area contributed by atoms with Crippen LogP contribution >= 0.6 is 15.9 Å².